The van der Waals surface area contributed by atoms with Gasteiger partial charge < -0.3 is 15.1 Å². The molecule has 0 radical (unpaired) electrons. The molecule has 2 N–H and O–H groups in total. The largest absolute Gasteiger partial charge is 0.459 e. The number of carbonyl (C=O) groups excluding carboxylic acids is 2. The fraction of sp³-hybridized carbons (Fsp3) is 0.111. The molecule has 26 heavy (non-hydrogen) atoms. The lowest BCUT2D eigenvalue weighted by Gasteiger charge is -2.04. The van der Waals surface area contributed by atoms with Gasteiger partial charge in [-0.05, 0) is 48.5 Å². The zero-order valence-electron chi connectivity index (χ0n) is 13.5. The van der Waals surface area contributed by atoms with Crippen molar-refractivity contribution >= 4 is 51.5 Å². The summed E-state index contributed by atoms with van der Waals surface area (Å²) in [6.07, 6.45) is 1.43. The molecule has 0 bridgehead atoms. The summed E-state index contributed by atoms with van der Waals surface area (Å²) in [6, 6.07) is 14.2. The lowest BCUT2D eigenvalue weighted by Crippen LogP contribution is -2.24. The number of thiophene rings is 1. The highest BCUT2D eigenvalue weighted by Gasteiger charge is 2.13. The van der Waals surface area contributed by atoms with Crippen LogP contribution >= 0.6 is 34.7 Å². The average Bonchev–Trinajstić information content (AvgIpc) is 3.32. The minimum absolute atomic E-state index is 0.162. The van der Waals surface area contributed by atoms with E-state index >= 15 is 0 Å². The molecule has 0 saturated carbocycles. The maximum atomic E-state index is 12.2. The minimum Gasteiger partial charge on any atom is -0.459 e. The lowest BCUT2D eigenvalue weighted by molar-refractivity contribution is 0.0958. The Morgan fingerprint density at radius 3 is 2.62 bits per heavy atom. The molecule has 2 aromatic heterocycles. The van der Waals surface area contributed by atoms with Crippen LogP contribution in [0.25, 0.3) is 0 Å². The second-order valence-electron chi connectivity index (χ2n) is 5.15. The topological polar surface area (TPSA) is 71.3 Å². The van der Waals surface area contributed by atoms with E-state index in [1.165, 1.54) is 17.6 Å². The van der Waals surface area contributed by atoms with Crippen molar-refractivity contribution in [2.75, 3.05) is 17.6 Å². The molecule has 134 valence electrons. The fourth-order valence-electron chi connectivity index (χ4n) is 2.06. The molecule has 1 aromatic carbocycles. The van der Waals surface area contributed by atoms with Crippen LogP contribution in [0.5, 0.6) is 0 Å². The van der Waals surface area contributed by atoms with Crippen LogP contribution in [0.1, 0.15) is 20.2 Å². The molecule has 0 aliphatic carbocycles. The van der Waals surface area contributed by atoms with Crippen molar-refractivity contribution in [2.45, 2.75) is 4.90 Å². The summed E-state index contributed by atoms with van der Waals surface area (Å²) in [5.74, 6) is 0.470. The Morgan fingerprint density at radius 1 is 1.08 bits per heavy atom. The van der Waals surface area contributed by atoms with E-state index in [0.29, 0.717) is 21.4 Å². The third-order valence-corrected chi connectivity index (χ3v) is 5.55. The Balaban J connectivity index is 1.44. The number of carbonyl (C=O) groups is 2. The number of halogens is 1. The van der Waals surface area contributed by atoms with Gasteiger partial charge in [-0.25, -0.2) is 0 Å². The van der Waals surface area contributed by atoms with E-state index in [-0.39, 0.29) is 17.6 Å². The van der Waals surface area contributed by atoms with Crippen LogP contribution in [-0.4, -0.2) is 24.1 Å². The van der Waals surface area contributed by atoms with Crippen LogP contribution in [0.15, 0.2) is 64.1 Å². The van der Waals surface area contributed by atoms with E-state index in [2.05, 4.69) is 10.6 Å². The van der Waals surface area contributed by atoms with Crippen molar-refractivity contribution in [3.8, 4) is 0 Å². The molecule has 2 amide bonds. The Labute approximate surface area is 163 Å². The molecule has 8 heteroatoms. The normalized spacial score (nSPS) is 10.5. The van der Waals surface area contributed by atoms with Gasteiger partial charge in [0.05, 0.1) is 16.1 Å². The van der Waals surface area contributed by atoms with E-state index in [0.717, 1.165) is 10.6 Å². The van der Waals surface area contributed by atoms with Crippen molar-refractivity contribution in [3.63, 3.8) is 0 Å². The predicted molar refractivity (Wildman–Crippen MR) is 105 cm³/mol. The van der Waals surface area contributed by atoms with E-state index in [1.54, 1.807) is 36.0 Å². The molecule has 0 aliphatic rings. The van der Waals surface area contributed by atoms with Gasteiger partial charge in [-0.1, -0.05) is 11.6 Å². The lowest BCUT2D eigenvalue weighted by atomic mass is 10.4. The summed E-state index contributed by atoms with van der Waals surface area (Å²) in [4.78, 5) is 25.7. The average molecular weight is 407 g/mol. The van der Waals surface area contributed by atoms with Crippen molar-refractivity contribution in [1.82, 2.24) is 5.32 Å². The number of benzene rings is 1. The van der Waals surface area contributed by atoms with Crippen LogP contribution in [0, 0.1) is 0 Å². The molecular formula is C18H15ClN2O3S2. The molecule has 5 nitrogen and oxygen atoms in total. The van der Waals surface area contributed by atoms with Crippen molar-refractivity contribution in [2.24, 2.45) is 0 Å². The van der Waals surface area contributed by atoms with Gasteiger partial charge in [-0.3, -0.25) is 9.59 Å². The monoisotopic (exact) mass is 406 g/mol. The Kier molecular flexibility index (Phi) is 6.38. The van der Waals surface area contributed by atoms with Gasteiger partial charge in [0.2, 0.25) is 0 Å². The highest BCUT2D eigenvalue weighted by molar-refractivity contribution is 7.99. The van der Waals surface area contributed by atoms with Crippen LogP contribution in [0.4, 0.5) is 5.00 Å². The van der Waals surface area contributed by atoms with Crippen LogP contribution in [0.2, 0.25) is 5.02 Å². The van der Waals surface area contributed by atoms with Gasteiger partial charge in [0.1, 0.15) is 0 Å². The summed E-state index contributed by atoms with van der Waals surface area (Å²) in [7, 11) is 0. The van der Waals surface area contributed by atoms with Gasteiger partial charge in [0.15, 0.2) is 5.76 Å². The van der Waals surface area contributed by atoms with Crippen molar-refractivity contribution in [3.05, 3.63) is 70.5 Å². The minimum atomic E-state index is -0.344. The van der Waals surface area contributed by atoms with Crippen LogP contribution < -0.4 is 10.6 Å². The second-order valence-corrected chi connectivity index (χ2v) is 7.84. The maximum Gasteiger partial charge on any atom is 0.291 e. The summed E-state index contributed by atoms with van der Waals surface area (Å²) in [6.45, 7) is 0.540. The van der Waals surface area contributed by atoms with E-state index in [1.807, 2.05) is 24.3 Å². The maximum absolute atomic E-state index is 12.2. The third kappa shape index (κ3) is 5.14. The van der Waals surface area contributed by atoms with Gasteiger partial charge >= 0.3 is 0 Å². The first-order chi connectivity index (χ1) is 12.6. The number of amides is 2. The van der Waals surface area contributed by atoms with Gasteiger partial charge in [0.25, 0.3) is 11.8 Å². The van der Waals surface area contributed by atoms with Crippen LogP contribution in [-0.2, 0) is 0 Å². The number of hydrogen-bond acceptors (Lipinski definition) is 5. The number of nitrogens with one attached hydrogen (secondary N) is 2. The van der Waals surface area contributed by atoms with E-state index in [4.69, 9.17) is 16.0 Å². The number of rotatable bonds is 7. The van der Waals surface area contributed by atoms with Gasteiger partial charge in [-0.15, -0.1) is 23.1 Å². The highest BCUT2D eigenvalue weighted by atomic mass is 35.5. The Bertz CT molecular complexity index is 876. The molecule has 0 atom stereocenters. The van der Waals surface area contributed by atoms with E-state index < -0.39 is 0 Å². The van der Waals surface area contributed by atoms with Gasteiger partial charge in [0, 0.05) is 22.2 Å². The zero-order valence-corrected chi connectivity index (χ0v) is 15.9. The Morgan fingerprint density at radius 2 is 1.88 bits per heavy atom. The number of hydrogen-bond donors (Lipinski definition) is 2. The molecule has 0 spiro atoms. The van der Waals surface area contributed by atoms with Crippen molar-refractivity contribution < 1.29 is 14.0 Å². The van der Waals surface area contributed by atoms with Gasteiger partial charge in [-0.2, -0.15) is 0 Å². The summed E-state index contributed by atoms with van der Waals surface area (Å²) < 4.78 is 5.03. The number of furan rings is 1. The molecule has 0 unspecified atom stereocenters. The molecule has 0 saturated heterocycles. The first kappa shape index (κ1) is 18.6. The first-order valence-corrected chi connectivity index (χ1v) is 9.91. The molecule has 0 fully saturated rings. The molecule has 3 rings (SSSR count). The zero-order chi connectivity index (χ0) is 18.4. The quantitative estimate of drug-likeness (QED) is 0.438. The van der Waals surface area contributed by atoms with E-state index in [9.17, 15) is 9.59 Å². The molecule has 0 aliphatic heterocycles. The second kappa shape index (κ2) is 8.93. The number of thioether (sulfide) groups is 1. The third-order valence-electron chi connectivity index (χ3n) is 3.28. The summed E-state index contributed by atoms with van der Waals surface area (Å²) >= 11 is 8.70. The first-order valence-electron chi connectivity index (χ1n) is 7.73. The van der Waals surface area contributed by atoms with Crippen molar-refractivity contribution in [1.29, 1.82) is 0 Å². The SMILES string of the molecule is O=C(Nc1ccc(C(=O)NCCSc2ccc(Cl)cc2)s1)c1ccco1. The fourth-order valence-corrected chi connectivity index (χ4v) is 3.77. The number of anilines is 1. The molecule has 3 aromatic rings. The standard InChI is InChI=1S/C18H15ClN2O3S2/c19-12-3-5-13(6-4-12)25-11-9-20-18(23)15-7-8-16(26-15)21-17(22)14-2-1-10-24-14/h1-8,10H,9,11H2,(H,20,23)(H,21,22). The smallest absolute Gasteiger partial charge is 0.291 e. The molecule has 2 heterocycles. The predicted octanol–water partition coefficient (Wildman–Crippen LogP) is 4.77. The van der Waals surface area contributed by atoms with Crippen LogP contribution in [0.3, 0.4) is 0 Å². The summed E-state index contributed by atoms with van der Waals surface area (Å²) in [5.41, 5.74) is 0. The highest BCUT2D eigenvalue weighted by Crippen LogP contribution is 2.23. The summed E-state index contributed by atoms with van der Waals surface area (Å²) in [5, 5.41) is 6.87. The molecular weight excluding hydrogens is 392 g/mol. The Hall–Kier alpha value is -2.22.